The molecule has 0 unspecified atom stereocenters. The van der Waals surface area contributed by atoms with Crippen molar-refractivity contribution in [2.45, 2.75) is 25.5 Å². The van der Waals surface area contributed by atoms with Gasteiger partial charge in [-0.1, -0.05) is 30.3 Å². The van der Waals surface area contributed by atoms with Crippen LogP contribution in [-0.2, 0) is 16.0 Å². The van der Waals surface area contributed by atoms with Crippen LogP contribution in [0.5, 0.6) is 0 Å². The Morgan fingerprint density at radius 2 is 2.00 bits per heavy atom. The molecule has 1 aromatic heterocycles. The number of carbonyl (C=O) groups is 2. The Labute approximate surface area is 133 Å². The lowest BCUT2D eigenvalue weighted by Gasteiger charge is -2.18. The van der Waals surface area contributed by atoms with E-state index < -0.39 is 24.0 Å². The van der Waals surface area contributed by atoms with Gasteiger partial charge in [-0.15, -0.1) is 0 Å². The van der Waals surface area contributed by atoms with Crippen molar-refractivity contribution < 1.29 is 18.7 Å². The zero-order valence-electron chi connectivity index (χ0n) is 12.6. The first kappa shape index (κ1) is 16.3. The molecule has 0 aliphatic carbocycles. The molecule has 0 spiro atoms. The van der Waals surface area contributed by atoms with E-state index in [1.807, 2.05) is 36.4 Å². The standard InChI is InChI=1S/C17H16N2O4/c1-12(11-18)23-17(21)14(10-13-6-3-2-4-7-13)19-16(20)15-8-5-9-22-15/h2-9,12,14H,10H2,1H3,(H,19,20)/t12-,14-/m0/s1. The molecule has 0 saturated heterocycles. The van der Waals surface area contributed by atoms with Crippen LogP contribution in [0.1, 0.15) is 23.0 Å². The van der Waals surface area contributed by atoms with Gasteiger partial charge >= 0.3 is 5.97 Å². The third-order valence-corrected chi connectivity index (χ3v) is 3.09. The molecule has 0 fully saturated rings. The molecule has 0 saturated carbocycles. The van der Waals surface area contributed by atoms with E-state index >= 15 is 0 Å². The minimum absolute atomic E-state index is 0.101. The van der Waals surface area contributed by atoms with Gasteiger partial charge in [0.15, 0.2) is 11.9 Å². The molecule has 2 aromatic rings. The number of nitrogens with one attached hydrogen (secondary N) is 1. The average Bonchev–Trinajstić information content (AvgIpc) is 3.09. The predicted molar refractivity (Wildman–Crippen MR) is 81.3 cm³/mol. The maximum atomic E-state index is 12.2. The van der Waals surface area contributed by atoms with Crippen molar-refractivity contribution in [3.8, 4) is 6.07 Å². The van der Waals surface area contributed by atoms with Gasteiger partial charge in [0.1, 0.15) is 12.1 Å². The van der Waals surface area contributed by atoms with Gasteiger partial charge in [-0.3, -0.25) is 4.79 Å². The summed E-state index contributed by atoms with van der Waals surface area (Å²) < 4.78 is 10.0. The lowest BCUT2D eigenvalue weighted by atomic mass is 10.1. The predicted octanol–water partition coefficient (Wildman–Crippen LogP) is 2.08. The van der Waals surface area contributed by atoms with Crippen LogP contribution in [0.15, 0.2) is 53.1 Å². The molecular weight excluding hydrogens is 296 g/mol. The number of benzene rings is 1. The summed E-state index contributed by atoms with van der Waals surface area (Å²) in [7, 11) is 0. The first-order chi connectivity index (χ1) is 11.1. The van der Waals surface area contributed by atoms with E-state index in [-0.39, 0.29) is 12.2 Å². The van der Waals surface area contributed by atoms with Gasteiger partial charge in [0.05, 0.1) is 6.26 Å². The Hall–Kier alpha value is -3.07. The fraction of sp³-hybridized carbons (Fsp3) is 0.235. The molecule has 0 aliphatic rings. The van der Waals surface area contributed by atoms with Crippen molar-refractivity contribution in [1.29, 1.82) is 5.26 Å². The van der Waals surface area contributed by atoms with Gasteiger partial charge in [0.2, 0.25) is 0 Å². The zero-order chi connectivity index (χ0) is 16.7. The van der Waals surface area contributed by atoms with E-state index in [1.54, 1.807) is 6.07 Å². The molecule has 1 amide bonds. The van der Waals surface area contributed by atoms with E-state index in [9.17, 15) is 9.59 Å². The van der Waals surface area contributed by atoms with Gasteiger partial charge in [0.25, 0.3) is 5.91 Å². The van der Waals surface area contributed by atoms with Crippen LogP contribution in [-0.4, -0.2) is 24.0 Å². The highest BCUT2D eigenvalue weighted by molar-refractivity contribution is 5.94. The quantitative estimate of drug-likeness (QED) is 0.824. The van der Waals surface area contributed by atoms with E-state index in [0.717, 1.165) is 5.56 Å². The number of hydrogen-bond acceptors (Lipinski definition) is 5. The molecule has 1 heterocycles. The smallest absolute Gasteiger partial charge is 0.330 e. The summed E-state index contributed by atoms with van der Waals surface area (Å²) >= 11 is 0. The fourth-order valence-corrected chi connectivity index (χ4v) is 1.96. The Morgan fingerprint density at radius 1 is 1.26 bits per heavy atom. The van der Waals surface area contributed by atoms with Crippen LogP contribution in [0.2, 0.25) is 0 Å². The molecule has 0 bridgehead atoms. The minimum Gasteiger partial charge on any atom is -0.459 e. The number of furan rings is 1. The third kappa shape index (κ3) is 4.71. The molecule has 118 valence electrons. The lowest BCUT2D eigenvalue weighted by molar-refractivity contribution is -0.148. The summed E-state index contributed by atoms with van der Waals surface area (Å²) in [5.41, 5.74) is 0.860. The number of hydrogen-bond donors (Lipinski definition) is 1. The zero-order valence-corrected chi connectivity index (χ0v) is 12.6. The number of carbonyl (C=O) groups excluding carboxylic acids is 2. The molecule has 0 radical (unpaired) electrons. The maximum Gasteiger partial charge on any atom is 0.330 e. The van der Waals surface area contributed by atoms with Crippen LogP contribution < -0.4 is 5.32 Å². The highest BCUT2D eigenvalue weighted by Crippen LogP contribution is 2.08. The normalized spacial score (nSPS) is 12.7. The topological polar surface area (TPSA) is 92.3 Å². The van der Waals surface area contributed by atoms with Crippen molar-refractivity contribution in [1.82, 2.24) is 5.32 Å². The Morgan fingerprint density at radius 3 is 2.61 bits per heavy atom. The summed E-state index contributed by atoms with van der Waals surface area (Å²) in [5, 5.41) is 11.3. The molecular formula is C17H16N2O4. The Bertz CT molecular complexity index is 689. The maximum absolute atomic E-state index is 12.2. The first-order valence-electron chi connectivity index (χ1n) is 7.08. The molecule has 2 rings (SSSR count). The van der Waals surface area contributed by atoms with E-state index in [2.05, 4.69) is 5.32 Å². The van der Waals surface area contributed by atoms with Gasteiger partial charge in [-0.25, -0.2) is 4.79 Å². The number of nitriles is 1. The van der Waals surface area contributed by atoms with Gasteiger partial charge < -0.3 is 14.5 Å². The summed E-state index contributed by atoms with van der Waals surface area (Å²) in [4.78, 5) is 24.3. The van der Waals surface area contributed by atoms with Crippen molar-refractivity contribution in [2.24, 2.45) is 0 Å². The van der Waals surface area contributed by atoms with Crippen molar-refractivity contribution in [3.05, 3.63) is 60.1 Å². The van der Waals surface area contributed by atoms with E-state index in [1.165, 1.54) is 19.3 Å². The number of ether oxygens (including phenoxy) is 1. The van der Waals surface area contributed by atoms with E-state index in [0.29, 0.717) is 0 Å². The first-order valence-corrected chi connectivity index (χ1v) is 7.08. The highest BCUT2D eigenvalue weighted by Gasteiger charge is 2.25. The second-order valence-electron chi connectivity index (χ2n) is 4.90. The second-order valence-corrected chi connectivity index (χ2v) is 4.90. The number of rotatable bonds is 6. The molecule has 6 nitrogen and oxygen atoms in total. The molecule has 1 N–H and O–H groups in total. The molecule has 1 aromatic carbocycles. The second kappa shape index (κ2) is 7.80. The summed E-state index contributed by atoms with van der Waals surface area (Å²) in [6, 6.07) is 13.2. The van der Waals surface area contributed by atoms with Crippen molar-refractivity contribution in [3.63, 3.8) is 0 Å². The third-order valence-electron chi connectivity index (χ3n) is 3.09. The van der Waals surface area contributed by atoms with Crippen LogP contribution >= 0.6 is 0 Å². The van der Waals surface area contributed by atoms with Gasteiger partial charge in [-0.05, 0) is 24.6 Å². The monoisotopic (exact) mass is 312 g/mol. The number of esters is 1. The van der Waals surface area contributed by atoms with Gasteiger partial charge in [-0.2, -0.15) is 5.26 Å². The number of amides is 1. The summed E-state index contributed by atoms with van der Waals surface area (Å²) in [5.74, 6) is -1.08. The van der Waals surface area contributed by atoms with E-state index in [4.69, 9.17) is 14.4 Å². The number of nitrogens with zero attached hydrogens (tertiary/aromatic N) is 1. The average molecular weight is 312 g/mol. The van der Waals surface area contributed by atoms with Gasteiger partial charge in [0, 0.05) is 6.42 Å². The Balaban J connectivity index is 2.12. The largest absolute Gasteiger partial charge is 0.459 e. The van der Waals surface area contributed by atoms with Crippen molar-refractivity contribution in [2.75, 3.05) is 0 Å². The summed E-state index contributed by atoms with van der Waals surface area (Å²) in [6.45, 7) is 1.46. The molecule has 23 heavy (non-hydrogen) atoms. The van der Waals surface area contributed by atoms with Crippen LogP contribution in [0.4, 0.5) is 0 Å². The summed E-state index contributed by atoms with van der Waals surface area (Å²) in [6.07, 6.45) is 0.739. The van der Waals surface area contributed by atoms with Crippen molar-refractivity contribution >= 4 is 11.9 Å². The molecule has 0 aliphatic heterocycles. The lowest BCUT2D eigenvalue weighted by Crippen LogP contribution is -2.44. The molecule has 6 heteroatoms. The van der Waals surface area contributed by atoms with Crippen LogP contribution in [0.3, 0.4) is 0 Å². The van der Waals surface area contributed by atoms with Crippen LogP contribution in [0.25, 0.3) is 0 Å². The fourth-order valence-electron chi connectivity index (χ4n) is 1.96. The minimum atomic E-state index is -0.911. The van der Waals surface area contributed by atoms with Crippen LogP contribution in [0, 0.1) is 11.3 Å². The highest BCUT2D eigenvalue weighted by atomic mass is 16.5. The molecule has 2 atom stereocenters. The SMILES string of the molecule is C[C@@H](C#N)OC(=O)[C@H](Cc1ccccc1)NC(=O)c1ccco1. The Kier molecular flexibility index (Phi) is 5.53.